The molecule has 1 heterocycles. The van der Waals surface area contributed by atoms with E-state index in [1.165, 1.54) is 0 Å². The van der Waals surface area contributed by atoms with Crippen molar-refractivity contribution in [3.63, 3.8) is 0 Å². The number of benzene rings is 1. The van der Waals surface area contributed by atoms with E-state index in [0.717, 1.165) is 31.5 Å². The van der Waals surface area contributed by atoms with Crippen LogP contribution < -0.4 is 5.32 Å². The van der Waals surface area contributed by atoms with E-state index in [2.05, 4.69) is 10.2 Å². The van der Waals surface area contributed by atoms with Crippen molar-refractivity contribution in [3.8, 4) is 0 Å². The molecule has 19 heavy (non-hydrogen) atoms. The Balaban J connectivity index is 1.78. The zero-order valence-electron chi connectivity index (χ0n) is 11.0. The Morgan fingerprint density at radius 3 is 2.89 bits per heavy atom. The minimum atomic E-state index is 0.130. The van der Waals surface area contributed by atoms with E-state index in [-0.39, 0.29) is 11.8 Å². The van der Waals surface area contributed by atoms with Gasteiger partial charge in [0, 0.05) is 23.1 Å². The van der Waals surface area contributed by atoms with Crippen LogP contribution >= 0.6 is 23.2 Å². The summed E-state index contributed by atoms with van der Waals surface area (Å²) >= 11 is 11.9. The van der Waals surface area contributed by atoms with Crippen molar-refractivity contribution in [2.75, 3.05) is 26.7 Å². The lowest BCUT2D eigenvalue weighted by Crippen LogP contribution is -2.33. The van der Waals surface area contributed by atoms with Crippen LogP contribution in [0.2, 0.25) is 10.0 Å². The minimum Gasteiger partial charge on any atom is -0.355 e. The molecule has 0 saturated carbocycles. The second-order valence-electron chi connectivity index (χ2n) is 5.02. The summed E-state index contributed by atoms with van der Waals surface area (Å²) in [5.74, 6) is 0.278. The molecule has 2 rings (SSSR count). The maximum atomic E-state index is 11.9. The Morgan fingerprint density at radius 2 is 2.26 bits per heavy atom. The number of nitrogens with one attached hydrogen (secondary N) is 1. The number of halogens is 2. The van der Waals surface area contributed by atoms with Gasteiger partial charge in [-0.3, -0.25) is 4.79 Å². The fraction of sp³-hybridized carbons (Fsp3) is 0.500. The van der Waals surface area contributed by atoms with E-state index in [1.54, 1.807) is 6.07 Å². The summed E-state index contributed by atoms with van der Waals surface area (Å²) < 4.78 is 0. The SMILES string of the molecule is CN1CCC(C(=O)NCCc2ccc(Cl)cc2Cl)C1. The van der Waals surface area contributed by atoms with E-state index in [0.29, 0.717) is 16.6 Å². The van der Waals surface area contributed by atoms with Crippen molar-refractivity contribution in [1.82, 2.24) is 10.2 Å². The van der Waals surface area contributed by atoms with Crippen LogP contribution in [0.4, 0.5) is 0 Å². The van der Waals surface area contributed by atoms with Crippen molar-refractivity contribution >= 4 is 29.1 Å². The third kappa shape index (κ3) is 4.10. The summed E-state index contributed by atoms with van der Waals surface area (Å²) in [5.41, 5.74) is 1.01. The highest BCUT2D eigenvalue weighted by atomic mass is 35.5. The van der Waals surface area contributed by atoms with Crippen molar-refractivity contribution in [1.29, 1.82) is 0 Å². The Kier molecular flexibility index (Phi) is 5.08. The molecule has 0 aliphatic carbocycles. The lowest BCUT2D eigenvalue weighted by atomic mass is 10.1. The molecule has 1 saturated heterocycles. The molecule has 0 spiro atoms. The Hall–Kier alpha value is -0.770. The summed E-state index contributed by atoms with van der Waals surface area (Å²) in [6.45, 7) is 2.47. The molecular weight excluding hydrogens is 283 g/mol. The third-order valence-electron chi connectivity index (χ3n) is 3.47. The van der Waals surface area contributed by atoms with Crippen LogP contribution in [0.25, 0.3) is 0 Å². The molecule has 1 amide bonds. The topological polar surface area (TPSA) is 32.3 Å². The molecule has 3 nitrogen and oxygen atoms in total. The number of hydrogen-bond donors (Lipinski definition) is 1. The van der Waals surface area contributed by atoms with Gasteiger partial charge in [-0.15, -0.1) is 0 Å². The molecule has 104 valence electrons. The fourth-order valence-corrected chi connectivity index (χ4v) is 2.84. The van der Waals surface area contributed by atoms with Crippen molar-refractivity contribution in [3.05, 3.63) is 33.8 Å². The highest BCUT2D eigenvalue weighted by molar-refractivity contribution is 6.35. The first-order chi connectivity index (χ1) is 9.06. The fourth-order valence-electron chi connectivity index (χ4n) is 2.34. The predicted molar refractivity (Wildman–Crippen MR) is 78.8 cm³/mol. The van der Waals surface area contributed by atoms with Crippen LogP contribution in [-0.4, -0.2) is 37.5 Å². The summed E-state index contributed by atoms with van der Waals surface area (Å²) in [4.78, 5) is 14.1. The monoisotopic (exact) mass is 300 g/mol. The van der Waals surface area contributed by atoms with Crippen LogP contribution in [-0.2, 0) is 11.2 Å². The van der Waals surface area contributed by atoms with Crippen molar-refractivity contribution in [2.24, 2.45) is 5.92 Å². The largest absolute Gasteiger partial charge is 0.355 e. The van der Waals surface area contributed by atoms with Crippen LogP contribution in [0, 0.1) is 5.92 Å². The average Bonchev–Trinajstić information content (AvgIpc) is 2.78. The lowest BCUT2D eigenvalue weighted by Gasteiger charge is -2.11. The molecule has 1 aliphatic heterocycles. The van der Waals surface area contributed by atoms with E-state index < -0.39 is 0 Å². The predicted octanol–water partition coefficient (Wildman–Crippen LogP) is 2.60. The first kappa shape index (κ1) is 14.6. The van der Waals surface area contributed by atoms with Gasteiger partial charge >= 0.3 is 0 Å². The summed E-state index contributed by atoms with van der Waals surface area (Å²) in [6, 6.07) is 5.45. The molecule has 1 unspecified atom stereocenters. The molecule has 1 aromatic carbocycles. The summed E-state index contributed by atoms with van der Waals surface area (Å²) in [6.07, 6.45) is 1.67. The Bertz CT molecular complexity index is 465. The average molecular weight is 301 g/mol. The number of likely N-dealkylation sites (tertiary alicyclic amines) is 1. The normalized spacial score (nSPS) is 19.6. The standard InChI is InChI=1S/C14H18Cl2N2O/c1-18-7-5-11(9-18)14(19)17-6-4-10-2-3-12(15)8-13(10)16/h2-3,8,11H,4-7,9H2,1H3,(H,17,19). The van der Waals surface area contributed by atoms with Gasteiger partial charge in [-0.1, -0.05) is 29.3 Å². The van der Waals surface area contributed by atoms with Gasteiger partial charge < -0.3 is 10.2 Å². The van der Waals surface area contributed by atoms with Crippen LogP contribution in [0.3, 0.4) is 0 Å². The first-order valence-corrected chi connectivity index (χ1v) is 7.22. The second-order valence-corrected chi connectivity index (χ2v) is 5.87. The minimum absolute atomic E-state index is 0.130. The van der Waals surface area contributed by atoms with Gasteiger partial charge in [0.15, 0.2) is 0 Å². The zero-order chi connectivity index (χ0) is 13.8. The molecule has 1 fully saturated rings. The second kappa shape index (κ2) is 6.60. The molecule has 0 bridgehead atoms. The quantitative estimate of drug-likeness (QED) is 0.927. The first-order valence-electron chi connectivity index (χ1n) is 6.46. The van der Waals surface area contributed by atoms with Gasteiger partial charge in [-0.2, -0.15) is 0 Å². The number of hydrogen-bond acceptors (Lipinski definition) is 2. The molecule has 1 N–H and O–H groups in total. The van der Waals surface area contributed by atoms with Gasteiger partial charge in [-0.25, -0.2) is 0 Å². The molecule has 1 aliphatic rings. The number of rotatable bonds is 4. The van der Waals surface area contributed by atoms with E-state index in [1.807, 2.05) is 19.2 Å². The molecule has 1 aromatic rings. The van der Waals surface area contributed by atoms with E-state index in [9.17, 15) is 4.79 Å². The maximum absolute atomic E-state index is 11.9. The van der Waals surface area contributed by atoms with Gasteiger partial charge in [-0.05, 0) is 44.1 Å². The highest BCUT2D eigenvalue weighted by Gasteiger charge is 2.25. The number of carbonyl (C=O) groups excluding carboxylic acids is 1. The van der Waals surface area contributed by atoms with Gasteiger partial charge in [0.05, 0.1) is 5.92 Å². The molecule has 5 heteroatoms. The molecule has 0 radical (unpaired) electrons. The van der Waals surface area contributed by atoms with Crippen LogP contribution in [0.1, 0.15) is 12.0 Å². The van der Waals surface area contributed by atoms with Crippen LogP contribution in [0.5, 0.6) is 0 Å². The Labute approximate surface area is 123 Å². The van der Waals surface area contributed by atoms with Gasteiger partial charge in [0.1, 0.15) is 0 Å². The number of nitrogens with zero attached hydrogens (tertiary/aromatic N) is 1. The third-order valence-corrected chi connectivity index (χ3v) is 4.06. The Morgan fingerprint density at radius 1 is 1.47 bits per heavy atom. The highest BCUT2D eigenvalue weighted by Crippen LogP contribution is 2.21. The van der Waals surface area contributed by atoms with Crippen molar-refractivity contribution < 1.29 is 4.79 Å². The number of carbonyl (C=O) groups is 1. The van der Waals surface area contributed by atoms with Gasteiger partial charge in [0.2, 0.25) is 5.91 Å². The summed E-state index contributed by atoms with van der Waals surface area (Å²) in [7, 11) is 2.04. The van der Waals surface area contributed by atoms with Crippen molar-refractivity contribution in [2.45, 2.75) is 12.8 Å². The lowest BCUT2D eigenvalue weighted by molar-refractivity contribution is -0.124. The zero-order valence-corrected chi connectivity index (χ0v) is 12.5. The molecule has 1 atom stereocenters. The maximum Gasteiger partial charge on any atom is 0.224 e. The smallest absolute Gasteiger partial charge is 0.224 e. The van der Waals surface area contributed by atoms with E-state index in [4.69, 9.17) is 23.2 Å². The molecular formula is C14H18Cl2N2O. The molecule has 0 aromatic heterocycles. The van der Waals surface area contributed by atoms with E-state index >= 15 is 0 Å². The van der Waals surface area contributed by atoms with Gasteiger partial charge in [0.25, 0.3) is 0 Å². The number of amides is 1. The summed E-state index contributed by atoms with van der Waals surface area (Å²) in [5, 5.41) is 4.26. The van der Waals surface area contributed by atoms with Crippen LogP contribution in [0.15, 0.2) is 18.2 Å².